The summed E-state index contributed by atoms with van der Waals surface area (Å²) in [6.07, 6.45) is 7.09. The van der Waals surface area contributed by atoms with Gasteiger partial charge in [-0.3, -0.25) is 9.78 Å². The number of rotatable bonds is 3. The van der Waals surface area contributed by atoms with Crippen molar-refractivity contribution in [3.63, 3.8) is 0 Å². The molecule has 3 heterocycles. The molecule has 5 heteroatoms. The summed E-state index contributed by atoms with van der Waals surface area (Å²) < 4.78 is 5.73. The molecule has 1 amide bonds. The fourth-order valence-electron chi connectivity index (χ4n) is 2.89. The maximum atomic E-state index is 12.3. The minimum absolute atomic E-state index is 0.0326. The molecule has 2 saturated heterocycles. The first-order chi connectivity index (χ1) is 10.3. The molecule has 5 nitrogen and oxygen atoms in total. The SMILES string of the molecule is O=C(NC1CC2CCC1O2)c1cncc(C#CCCO)c1. The van der Waals surface area contributed by atoms with E-state index in [2.05, 4.69) is 22.1 Å². The lowest BCUT2D eigenvalue weighted by atomic mass is 9.95. The zero-order valence-corrected chi connectivity index (χ0v) is 11.7. The first-order valence-electron chi connectivity index (χ1n) is 7.27. The summed E-state index contributed by atoms with van der Waals surface area (Å²) in [4.78, 5) is 16.3. The Kier molecular flexibility index (Phi) is 4.18. The summed E-state index contributed by atoms with van der Waals surface area (Å²) in [5.41, 5.74) is 1.19. The van der Waals surface area contributed by atoms with Gasteiger partial charge >= 0.3 is 0 Å². The molecule has 0 aliphatic carbocycles. The van der Waals surface area contributed by atoms with Crippen LogP contribution in [0.2, 0.25) is 0 Å². The van der Waals surface area contributed by atoms with Gasteiger partial charge in [-0.2, -0.15) is 0 Å². The predicted molar refractivity (Wildman–Crippen MR) is 76.6 cm³/mol. The second-order valence-electron chi connectivity index (χ2n) is 5.43. The topological polar surface area (TPSA) is 71.5 Å². The summed E-state index contributed by atoms with van der Waals surface area (Å²) in [6, 6.07) is 1.83. The van der Waals surface area contributed by atoms with Crippen LogP contribution in [0.4, 0.5) is 0 Å². The number of hydrogen-bond donors (Lipinski definition) is 2. The van der Waals surface area contributed by atoms with E-state index in [-0.39, 0.29) is 24.7 Å². The number of pyridine rings is 1. The lowest BCUT2D eigenvalue weighted by Crippen LogP contribution is -2.41. The van der Waals surface area contributed by atoms with Gasteiger partial charge in [0, 0.05) is 24.4 Å². The van der Waals surface area contributed by atoms with Crippen molar-refractivity contribution in [2.75, 3.05) is 6.61 Å². The standard InChI is InChI=1S/C16H18N2O3/c19-6-2-1-3-11-7-12(10-17-9-11)16(20)18-14-8-13-4-5-15(14)21-13/h7,9-10,13-15,19H,2,4-6,8H2,(H,18,20). The molecular weight excluding hydrogens is 268 g/mol. The summed E-state index contributed by atoms with van der Waals surface area (Å²) in [7, 11) is 0. The van der Waals surface area contributed by atoms with Crippen LogP contribution in [0, 0.1) is 11.8 Å². The van der Waals surface area contributed by atoms with Crippen LogP contribution in [-0.4, -0.2) is 40.9 Å². The molecule has 0 aromatic carbocycles. The van der Waals surface area contributed by atoms with Crippen LogP contribution in [0.3, 0.4) is 0 Å². The maximum Gasteiger partial charge on any atom is 0.253 e. The Balaban J connectivity index is 1.65. The first-order valence-corrected chi connectivity index (χ1v) is 7.27. The Morgan fingerprint density at radius 3 is 3.10 bits per heavy atom. The maximum absolute atomic E-state index is 12.3. The Hall–Kier alpha value is -1.90. The van der Waals surface area contributed by atoms with E-state index in [1.165, 1.54) is 0 Å². The van der Waals surface area contributed by atoms with Crippen LogP contribution < -0.4 is 5.32 Å². The van der Waals surface area contributed by atoms with Crippen molar-refractivity contribution in [2.24, 2.45) is 0 Å². The molecule has 2 bridgehead atoms. The zero-order valence-electron chi connectivity index (χ0n) is 11.7. The number of nitrogens with one attached hydrogen (secondary N) is 1. The average molecular weight is 286 g/mol. The molecule has 2 N–H and O–H groups in total. The smallest absolute Gasteiger partial charge is 0.253 e. The Morgan fingerprint density at radius 2 is 2.38 bits per heavy atom. The van der Waals surface area contributed by atoms with Gasteiger partial charge in [-0.25, -0.2) is 0 Å². The molecule has 1 aromatic heterocycles. The van der Waals surface area contributed by atoms with Crippen molar-refractivity contribution >= 4 is 5.91 Å². The van der Waals surface area contributed by atoms with Gasteiger partial charge < -0.3 is 15.2 Å². The number of aromatic nitrogens is 1. The average Bonchev–Trinajstić information content (AvgIpc) is 3.10. The zero-order chi connectivity index (χ0) is 14.7. The van der Waals surface area contributed by atoms with Gasteiger partial charge in [0.05, 0.1) is 30.4 Å². The second-order valence-corrected chi connectivity index (χ2v) is 5.43. The second kappa shape index (κ2) is 6.25. The van der Waals surface area contributed by atoms with Gasteiger partial charge in [-0.15, -0.1) is 0 Å². The van der Waals surface area contributed by atoms with E-state index in [0.717, 1.165) is 19.3 Å². The Morgan fingerprint density at radius 1 is 1.48 bits per heavy atom. The summed E-state index contributed by atoms with van der Waals surface area (Å²) in [5, 5.41) is 11.7. The summed E-state index contributed by atoms with van der Waals surface area (Å²) in [5.74, 6) is 5.58. The minimum Gasteiger partial charge on any atom is -0.395 e. The number of carbonyl (C=O) groups is 1. The van der Waals surface area contributed by atoms with E-state index in [9.17, 15) is 4.79 Å². The third-order valence-corrected chi connectivity index (χ3v) is 3.89. The highest BCUT2D eigenvalue weighted by atomic mass is 16.5. The van der Waals surface area contributed by atoms with E-state index >= 15 is 0 Å². The highest BCUT2D eigenvalue weighted by Crippen LogP contribution is 2.34. The highest BCUT2D eigenvalue weighted by molar-refractivity contribution is 5.94. The molecular formula is C16H18N2O3. The number of carbonyl (C=O) groups excluding carboxylic acids is 1. The van der Waals surface area contributed by atoms with Gasteiger partial charge in [0.25, 0.3) is 5.91 Å². The van der Waals surface area contributed by atoms with Crippen LogP contribution in [0.25, 0.3) is 0 Å². The lowest BCUT2D eigenvalue weighted by Gasteiger charge is -2.19. The van der Waals surface area contributed by atoms with Gasteiger partial charge in [0.2, 0.25) is 0 Å². The molecule has 2 fully saturated rings. The summed E-state index contributed by atoms with van der Waals surface area (Å²) >= 11 is 0. The molecule has 0 radical (unpaired) electrons. The molecule has 3 unspecified atom stereocenters. The normalized spacial score (nSPS) is 26.2. The van der Waals surface area contributed by atoms with Crippen molar-refractivity contribution < 1.29 is 14.6 Å². The van der Waals surface area contributed by atoms with Crippen molar-refractivity contribution in [1.82, 2.24) is 10.3 Å². The monoisotopic (exact) mass is 286 g/mol. The van der Waals surface area contributed by atoms with Gasteiger partial charge in [0.1, 0.15) is 0 Å². The van der Waals surface area contributed by atoms with E-state index in [0.29, 0.717) is 23.7 Å². The first kappa shape index (κ1) is 14.1. The molecule has 2 aliphatic heterocycles. The van der Waals surface area contributed by atoms with Crippen LogP contribution >= 0.6 is 0 Å². The highest BCUT2D eigenvalue weighted by Gasteiger charge is 2.41. The van der Waals surface area contributed by atoms with E-state index < -0.39 is 0 Å². The molecule has 3 atom stereocenters. The Bertz CT molecular complexity index is 591. The number of nitrogens with zero attached hydrogens (tertiary/aromatic N) is 1. The molecule has 2 aliphatic rings. The van der Waals surface area contributed by atoms with Crippen molar-refractivity contribution in [3.8, 4) is 11.8 Å². The van der Waals surface area contributed by atoms with E-state index in [1.54, 1.807) is 18.5 Å². The number of amides is 1. The number of aliphatic hydroxyl groups excluding tert-OH is 1. The van der Waals surface area contributed by atoms with Crippen molar-refractivity contribution in [1.29, 1.82) is 0 Å². The van der Waals surface area contributed by atoms with Crippen LogP contribution in [-0.2, 0) is 4.74 Å². The molecule has 110 valence electrons. The van der Waals surface area contributed by atoms with Crippen LogP contribution in [0.15, 0.2) is 18.5 Å². The molecule has 21 heavy (non-hydrogen) atoms. The quantitative estimate of drug-likeness (QED) is 0.809. The third-order valence-electron chi connectivity index (χ3n) is 3.89. The van der Waals surface area contributed by atoms with Gasteiger partial charge in [-0.1, -0.05) is 11.8 Å². The third kappa shape index (κ3) is 3.23. The number of aliphatic hydroxyl groups is 1. The fourth-order valence-corrected chi connectivity index (χ4v) is 2.89. The molecule has 1 aromatic rings. The molecule has 3 rings (SSSR count). The van der Waals surface area contributed by atoms with Crippen LogP contribution in [0.1, 0.15) is 41.6 Å². The predicted octanol–water partition coefficient (Wildman–Crippen LogP) is 0.865. The van der Waals surface area contributed by atoms with Crippen LogP contribution in [0.5, 0.6) is 0 Å². The summed E-state index contributed by atoms with van der Waals surface area (Å²) in [6.45, 7) is 0.0326. The van der Waals surface area contributed by atoms with E-state index in [1.807, 2.05) is 0 Å². The Labute approximate surface area is 123 Å². The number of fused-ring (bicyclic) bond motifs is 2. The van der Waals surface area contributed by atoms with E-state index in [4.69, 9.17) is 9.84 Å². The minimum atomic E-state index is -0.130. The largest absolute Gasteiger partial charge is 0.395 e. The number of hydrogen-bond acceptors (Lipinski definition) is 4. The van der Waals surface area contributed by atoms with Gasteiger partial charge in [0.15, 0.2) is 0 Å². The molecule has 0 saturated carbocycles. The van der Waals surface area contributed by atoms with Crippen molar-refractivity contribution in [3.05, 3.63) is 29.6 Å². The van der Waals surface area contributed by atoms with Gasteiger partial charge in [-0.05, 0) is 25.3 Å². The molecule has 0 spiro atoms. The number of ether oxygens (including phenoxy) is 1. The van der Waals surface area contributed by atoms with Crippen molar-refractivity contribution in [2.45, 2.75) is 43.9 Å². The fraction of sp³-hybridized carbons (Fsp3) is 0.500. The lowest BCUT2D eigenvalue weighted by molar-refractivity contribution is 0.0840.